The third-order valence-electron chi connectivity index (χ3n) is 2.80. The number of carbonyl (C=O) groups is 2. The first-order valence-electron chi connectivity index (χ1n) is 5.83. The molecule has 2 rings (SSSR count). The number of aromatic nitrogens is 2. The second kappa shape index (κ2) is 5.31. The molecule has 1 heterocycles. The number of carboxylic acid groups (broad SMARTS) is 1. The van der Waals surface area contributed by atoms with Crippen LogP contribution in [0, 0.1) is 18.6 Å². The quantitative estimate of drug-likeness (QED) is 0.906. The Bertz CT molecular complexity index is 741. The minimum Gasteiger partial charge on any atom is -0.478 e. The van der Waals surface area contributed by atoms with E-state index in [1.165, 1.54) is 10.9 Å². The normalized spacial score (nSPS) is 10.5. The highest BCUT2D eigenvalue weighted by Gasteiger charge is 2.21. The van der Waals surface area contributed by atoms with Gasteiger partial charge in [0.1, 0.15) is 0 Å². The Hall–Kier alpha value is -2.77. The molecule has 0 aliphatic rings. The van der Waals surface area contributed by atoms with Crippen LogP contribution in [0.5, 0.6) is 0 Å². The van der Waals surface area contributed by atoms with Gasteiger partial charge in [0.15, 0.2) is 11.6 Å². The molecular weight excluding hydrogens is 284 g/mol. The zero-order valence-corrected chi connectivity index (χ0v) is 11.1. The number of anilines is 1. The summed E-state index contributed by atoms with van der Waals surface area (Å²) in [6.45, 7) is 1.64. The molecule has 0 fully saturated rings. The van der Waals surface area contributed by atoms with Crippen LogP contribution in [0.2, 0.25) is 0 Å². The molecule has 8 heteroatoms. The number of benzene rings is 1. The average molecular weight is 295 g/mol. The Morgan fingerprint density at radius 3 is 2.29 bits per heavy atom. The Kier molecular flexibility index (Phi) is 3.70. The lowest BCUT2D eigenvalue weighted by atomic mass is 10.1. The van der Waals surface area contributed by atoms with E-state index in [0.29, 0.717) is 23.5 Å². The van der Waals surface area contributed by atoms with Gasteiger partial charge >= 0.3 is 5.97 Å². The smallest absolute Gasteiger partial charge is 0.336 e. The summed E-state index contributed by atoms with van der Waals surface area (Å²) >= 11 is 0. The summed E-state index contributed by atoms with van der Waals surface area (Å²) < 4.78 is 27.8. The highest BCUT2D eigenvalue weighted by molar-refractivity contribution is 6.10. The molecule has 0 aliphatic heterocycles. The van der Waals surface area contributed by atoms with Crippen molar-refractivity contribution in [3.05, 3.63) is 46.8 Å². The van der Waals surface area contributed by atoms with Crippen molar-refractivity contribution in [2.24, 2.45) is 7.05 Å². The van der Waals surface area contributed by atoms with Gasteiger partial charge in [-0.25, -0.2) is 13.6 Å². The predicted octanol–water partition coefficient (Wildman–Crippen LogP) is 1.96. The maximum absolute atomic E-state index is 13.2. The monoisotopic (exact) mass is 295 g/mol. The first-order chi connectivity index (χ1) is 9.79. The molecule has 0 spiro atoms. The standard InChI is InChI=1S/C13H11F2N3O3/c1-6-11(5-18(2)17-6)16-12(19)7-3-9(14)10(15)4-8(7)13(20)21/h3-5H,1-2H3,(H,16,19)(H,20,21). The number of rotatable bonds is 3. The molecule has 110 valence electrons. The summed E-state index contributed by atoms with van der Waals surface area (Å²) in [5.74, 6) is -5.01. The maximum atomic E-state index is 13.2. The van der Waals surface area contributed by atoms with Gasteiger partial charge in [-0.3, -0.25) is 9.48 Å². The van der Waals surface area contributed by atoms with Crippen LogP contribution < -0.4 is 5.32 Å². The Morgan fingerprint density at radius 1 is 1.24 bits per heavy atom. The topological polar surface area (TPSA) is 84.2 Å². The number of nitrogens with one attached hydrogen (secondary N) is 1. The molecule has 0 aliphatic carbocycles. The zero-order valence-electron chi connectivity index (χ0n) is 11.1. The van der Waals surface area contributed by atoms with Gasteiger partial charge in [-0.05, 0) is 19.1 Å². The van der Waals surface area contributed by atoms with Gasteiger partial charge in [0.05, 0.1) is 22.5 Å². The van der Waals surface area contributed by atoms with E-state index in [1.807, 2.05) is 0 Å². The number of aromatic carboxylic acids is 1. The van der Waals surface area contributed by atoms with Crippen molar-refractivity contribution in [2.75, 3.05) is 5.32 Å². The van der Waals surface area contributed by atoms with Crippen molar-refractivity contribution in [3.63, 3.8) is 0 Å². The van der Waals surface area contributed by atoms with Crippen molar-refractivity contribution < 1.29 is 23.5 Å². The molecular formula is C13H11F2N3O3. The molecule has 21 heavy (non-hydrogen) atoms. The van der Waals surface area contributed by atoms with E-state index in [4.69, 9.17) is 5.11 Å². The van der Waals surface area contributed by atoms with Crippen molar-refractivity contribution in [1.82, 2.24) is 9.78 Å². The predicted molar refractivity (Wildman–Crippen MR) is 69.2 cm³/mol. The Labute approximate surface area is 118 Å². The van der Waals surface area contributed by atoms with Crippen molar-refractivity contribution in [3.8, 4) is 0 Å². The zero-order chi connectivity index (χ0) is 15.7. The van der Waals surface area contributed by atoms with Crippen LogP contribution in [-0.4, -0.2) is 26.8 Å². The minimum absolute atomic E-state index is 0.351. The summed E-state index contributed by atoms with van der Waals surface area (Å²) in [5, 5.41) is 15.4. The molecule has 0 radical (unpaired) electrons. The second-order valence-electron chi connectivity index (χ2n) is 4.37. The van der Waals surface area contributed by atoms with Crippen LogP contribution in [0.3, 0.4) is 0 Å². The molecule has 0 saturated carbocycles. The van der Waals surface area contributed by atoms with E-state index in [9.17, 15) is 18.4 Å². The van der Waals surface area contributed by atoms with Crippen LogP contribution in [0.25, 0.3) is 0 Å². The van der Waals surface area contributed by atoms with E-state index >= 15 is 0 Å². The number of hydrogen-bond acceptors (Lipinski definition) is 3. The van der Waals surface area contributed by atoms with Gasteiger partial charge in [-0.15, -0.1) is 0 Å². The molecule has 1 amide bonds. The van der Waals surface area contributed by atoms with Crippen molar-refractivity contribution in [1.29, 1.82) is 0 Å². The minimum atomic E-state index is -1.53. The summed E-state index contributed by atoms with van der Waals surface area (Å²) in [7, 11) is 1.64. The highest BCUT2D eigenvalue weighted by atomic mass is 19.2. The number of carboxylic acids is 1. The summed E-state index contributed by atoms with van der Waals surface area (Å²) in [6.07, 6.45) is 1.51. The number of carbonyl (C=O) groups excluding carboxylic acids is 1. The fourth-order valence-electron chi connectivity index (χ4n) is 1.82. The van der Waals surface area contributed by atoms with Gasteiger partial charge < -0.3 is 10.4 Å². The number of hydrogen-bond donors (Lipinski definition) is 2. The van der Waals surface area contributed by atoms with Gasteiger partial charge in [-0.2, -0.15) is 5.10 Å². The molecule has 2 N–H and O–H groups in total. The molecule has 0 bridgehead atoms. The number of amides is 1. The number of nitrogens with zero attached hydrogens (tertiary/aromatic N) is 2. The van der Waals surface area contributed by atoms with E-state index in [0.717, 1.165) is 0 Å². The van der Waals surface area contributed by atoms with Crippen LogP contribution in [0.1, 0.15) is 26.4 Å². The second-order valence-corrected chi connectivity index (χ2v) is 4.37. The summed E-state index contributed by atoms with van der Waals surface area (Å²) in [6, 6.07) is 1.03. The number of aryl methyl sites for hydroxylation is 2. The molecule has 1 aromatic heterocycles. The summed E-state index contributed by atoms with van der Waals surface area (Å²) in [5.41, 5.74) is -0.230. The first-order valence-corrected chi connectivity index (χ1v) is 5.83. The summed E-state index contributed by atoms with van der Waals surface area (Å²) in [4.78, 5) is 23.1. The van der Waals surface area contributed by atoms with Crippen LogP contribution in [0.4, 0.5) is 14.5 Å². The fourth-order valence-corrected chi connectivity index (χ4v) is 1.82. The van der Waals surface area contributed by atoms with Gasteiger partial charge in [0, 0.05) is 13.2 Å². The highest BCUT2D eigenvalue weighted by Crippen LogP contribution is 2.18. The van der Waals surface area contributed by atoms with E-state index in [2.05, 4.69) is 10.4 Å². The fraction of sp³-hybridized carbons (Fsp3) is 0.154. The molecule has 6 nitrogen and oxygen atoms in total. The third kappa shape index (κ3) is 2.88. The van der Waals surface area contributed by atoms with Gasteiger partial charge in [0.2, 0.25) is 0 Å². The lowest BCUT2D eigenvalue weighted by molar-refractivity contribution is 0.0691. The first kappa shape index (κ1) is 14.6. The molecule has 0 unspecified atom stereocenters. The Morgan fingerprint density at radius 2 is 1.81 bits per heavy atom. The molecule has 2 aromatic rings. The lowest BCUT2D eigenvalue weighted by Crippen LogP contribution is -2.17. The van der Waals surface area contributed by atoms with Crippen molar-refractivity contribution in [2.45, 2.75) is 6.92 Å². The molecule has 1 aromatic carbocycles. The SMILES string of the molecule is Cc1nn(C)cc1NC(=O)c1cc(F)c(F)cc1C(=O)O. The van der Waals surface area contributed by atoms with Gasteiger partial charge in [-0.1, -0.05) is 0 Å². The van der Waals surface area contributed by atoms with Crippen molar-refractivity contribution >= 4 is 17.6 Å². The van der Waals surface area contributed by atoms with E-state index < -0.39 is 34.6 Å². The third-order valence-corrected chi connectivity index (χ3v) is 2.80. The lowest BCUT2D eigenvalue weighted by Gasteiger charge is -2.07. The maximum Gasteiger partial charge on any atom is 0.336 e. The van der Waals surface area contributed by atoms with Crippen LogP contribution in [-0.2, 0) is 7.05 Å². The van der Waals surface area contributed by atoms with E-state index in [1.54, 1.807) is 14.0 Å². The largest absolute Gasteiger partial charge is 0.478 e. The Balaban J connectivity index is 2.41. The van der Waals surface area contributed by atoms with Crippen LogP contribution in [0.15, 0.2) is 18.3 Å². The van der Waals surface area contributed by atoms with Gasteiger partial charge in [0.25, 0.3) is 5.91 Å². The number of halogens is 2. The van der Waals surface area contributed by atoms with E-state index in [-0.39, 0.29) is 0 Å². The molecule has 0 saturated heterocycles. The average Bonchev–Trinajstić information content (AvgIpc) is 2.70. The van der Waals surface area contributed by atoms with Crippen LogP contribution >= 0.6 is 0 Å². The molecule has 0 atom stereocenters.